The number of carbonyl (C=O) groups is 1. The predicted molar refractivity (Wildman–Crippen MR) is 96.1 cm³/mol. The number of anilines is 1. The van der Waals surface area contributed by atoms with Crippen LogP contribution in [0.5, 0.6) is 11.5 Å². The van der Waals surface area contributed by atoms with Gasteiger partial charge in [0.05, 0.1) is 6.20 Å². The molecule has 0 radical (unpaired) electrons. The van der Waals surface area contributed by atoms with Crippen LogP contribution in [-0.2, 0) is 11.2 Å². The van der Waals surface area contributed by atoms with Gasteiger partial charge in [0.25, 0.3) is 0 Å². The van der Waals surface area contributed by atoms with Gasteiger partial charge in [0, 0.05) is 30.2 Å². The van der Waals surface area contributed by atoms with Crippen molar-refractivity contribution in [2.45, 2.75) is 19.3 Å². The molecule has 0 bridgehead atoms. The molecule has 6 nitrogen and oxygen atoms in total. The molecule has 0 saturated heterocycles. The van der Waals surface area contributed by atoms with E-state index in [1.807, 2.05) is 30.3 Å². The Kier molecular flexibility index (Phi) is 4.55. The van der Waals surface area contributed by atoms with Crippen LogP contribution < -0.4 is 14.8 Å². The number of ether oxygens (including phenoxy) is 2. The topological polar surface area (TPSA) is 73.6 Å². The monoisotopic (exact) mass is 350 g/mol. The van der Waals surface area contributed by atoms with Crippen molar-refractivity contribution in [1.29, 1.82) is 0 Å². The normalized spacial score (nSPS) is 12.2. The minimum absolute atomic E-state index is 0.0568. The number of hydrogen-bond acceptors (Lipinski definition) is 5. The number of nitrogens with one attached hydrogen (secondary N) is 1. The van der Waals surface area contributed by atoms with E-state index >= 15 is 0 Å². The van der Waals surface area contributed by atoms with E-state index in [9.17, 15) is 4.79 Å². The third-order valence-corrected chi connectivity index (χ3v) is 4.06. The lowest BCUT2D eigenvalue weighted by atomic mass is 10.2. The van der Waals surface area contributed by atoms with Gasteiger partial charge in [-0.3, -0.25) is 4.79 Å². The summed E-state index contributed by atoms with van der Waals surface area (Å²) in [5.74, 6) is 2.67. The van der Waals surface area contributed by atoms with Crippen molar-refractivity contribution in [3.63, 3.8) is 0 Å². The highest BCUT2D eigenvalue weighted by molar-refractivity contribution is 5.91. The second kappa shape index (κ2) is 7.31. The van der Waals surface area contributed by atoms with Crippen molar-refractivity contribution < 1.29 is 18.7 Å². The van der Waals surface area contributed by atoms with Crippen molar-refractivity contribution in [2.24, 2.45) is 0 Å². The van der Waals surface area contributed by atoms with Gasteiger partial charge in [0.15, 0.2) is 23.1 Å². The number of nitrogens with zero attached hydrogens (tertiary/aromatic N) is 1. The van der Waals surface area contributed by atoms with E-state index in [2.05, 4.69) is 10.3 Å². The number of fused-ring (bicyclic) bond motifs is 1. The Morgan fingerprint density at radius 1 is 1.08 bits per heavy atom. The average molecular weight is 350 g/mol. The molecular weight excluding hydrogens is 332 g/mol. The summed E-state index contributed by atoms with van der Waals surface area (Å²) in [4.78, 5) is 16.4. The second-order valence-corrected chi connectivity index (χ2v) is 5.95. The zero-order valence-electron chi connectivity index (χ0n) is 14.1. The highest BCUT2D eigenvalue weighted by Crippen LogP contribution is 2.34. The van der Waals surface area contributed by atoms with E-state index in [0.717, 1.165) is 11.3 Å². The Balaban J connectivity index is 1.27. The number of benzene rings is 2. The first-order valence-corrected chi connectivity index (χ1v) is 8.47. The lowest BCUT2D eigenvalue weighted by Crippen LogP contribution is -2.11. The molecule has 0 saturated carbocycles. The van der Waals surface area contributed by atoms with Gasteiger partial charge in [-0.2, -0.15) is 0 Å². The third kappa shape index (κ3) is 3.69. The number of amides is 1. The largest absolute Gasteiger partial charge is 0.454 e. The molecule has 2 heterocycles. The van der Waals surface area contributed by atoms with Gasteiger partial charge in [-0.25, -0.2) is 4.98 Å². The Morgan fingerprint density at radius 3 is 2.81 bits per heavy atom. The van der Waals surface area contributed by atoms with Crippen molar-refractivity contribution in [1.82, 2.24) is 4.98 Å². The maximum atomic E-state index is 12.1. The Morgan fingerprint density at radius 2 is 1.92 bits per heavy atom. The van der Waals surface area contributed by atoms with Crippen LogP contribution in [0, 0.1) is 0 Å². The first-order valence-electron chi connectivity index (χ1n) is 8.47. The predicted octanol–water partition coefficient (Wildman–Crippen LogP) is 4.03. The molecule has 132 valence electrons. The summed E-state index contributed by atoms with van der Waals surface area (Å²) in [6.45, 7) is 0.216. The lowest BCUT2D eigenvalue weighted by Gasteiger charge is -2.05. The Bertz CT molecular complexity index is 905. The average Bonchev–Trinajstić information content (AvgIpc) is 3.31. The molecule has 1 amide bonds. The molecule has 1 N–H and O–H groups in total. The van der Waals surface area contributed by atoms with E-state index in [0.29, 0.717) is 42.3 Å². The minimum Gasteiger partial charge on any atom is -0.454 e. The Labute approximate surface area is 150 Å². The van der Waals surface area contributed by atoms with E-state index in [1.54, 1.807) is 24.4 Å². The quantitative estimate of drug-likeness (QED) is 0.726. The van der Waals surface area contributed by atoms with Crippen LogP contribution in [0.4, 0.5) is 5.69 Å². The Hall–Kier alpha value is -3.28. The summed E-state index contributed by atoms with van der Waals surface area (Å²) in [6, 6.07) is 15.2. The van der Waals surface area contributed by atoms with Crippen molar-refractivity contribution in [3.8, 4) is 22.8 Å². The molecule has 1 aliphatic heterocycles. The van der Waals surface area contributed by atoms with Gasteiger partial charge in [-0.15, -0.1) is 0 Å². The third-order valence-electron chi connectivity index (χ3n) is 4.06. The van der Waals surface area contributed by atoms with E-state index in [1.165, 1.54) is 0 Å². The SMILES string of the molecule is O=C(CCCc1ncc(-c2ccccc2)o1)Nc1ccc2c(c1)OCO2. The highest BCUT2D eigenvalue weighted by atomic mass is 16.7. The number of rotatable bonds is 6. The summed E-state index contributed by atoms with van der Waals surface area (Å²) in [5, 5.41) is 2.86. The fraction of sp³-hybridized carbons (Fsp3) is 0.200. The minimum atomic E-state index is -0.0568. The number of oxazole rings is 1. The van der Waals surface area contributed by atoms with Gasteiger partial charge >= 0.3 is 0 Å². The van der Waals surface area contributed by atoms with E-state index in [-0.39, 0.29) is 12.7 Å². The molecule has 0 fully saturated rings. The van der Waals surface area contributed by atoms with E-state index < -0.39 is 0 Å². The van der Waals surface area contributed by atoms with Crippen LogP contribution in [0.1, 0.15) is 18.7 Å². The standard InChI is InChI=1S/C20H18N2O4/c23-19(22-15-9-10-16-17(11-15)25-13-24-16)7-4-8-20-21-12-18(26-20)14-5-2-1-3-6-14/h1-3,5-6,9-12H,4,7-8,13H2,(H,22,23). The van der Waals surface area contributed by atoms with Gasteiger partial charge in [0.1, 0.15) is 0 Å². The van der Waals surface area contributed by atoms with Crippen LogP contribution in [0.3, 0.4) is 0 Å². The number of hydrogen-bond donors (Lipinski definition) is 1. The molecule has 0 aliphatic carbocycles. The van der Waals surface area contributed by atoms with Gasteiger partial charge in [0.2, 0.25) is 12.7 Å². The number of carbonyl (C=O) groups excluding carboxylic acids is 1. The van der Waals surface area contributed by atoms with Crippen LogP contribution in [-0.4, -0.2) is 17.7 Å². The van der Waals surface area contributed by atoms with Gasteiger partial charge in [-0.05, 0) is 18.6 Å². The van der Waals surface area contributed by atoms with Gasteiger partial charge in [-0.1, -0.05) is 30.3 Å². The van der Waals surface area contributed by atoms with Crippen LogP contribution >= 0.6 is 0 Å². The summed E-state index contributed by atoms with van der Waals surface area (Å²) >= 11 is 0. The number of aryl methyl sites for hydroxylation is 1. The maximum absolute atomic E-state index is 12.1. The summed E-state index contributed by atoms with van der Waals surface area (Å²) in [5.41, 5.74) is 1.69. The van der Waals surface area contributed by atoms with Crippen molar-refractivity contribution in [3.05, 3.63) is 60.6 Å². The highest BCUT2D eigenvalue weighted by Gasteiger charge is 2.14. The molecule has 1 aromatic heterocycles. The summed E-state index contributed by atoms with van der Waals surface area (Å²) in [6.07, 6.45) is 3.38. The molecule has 0 unspecified atom stereocenters. The summed E-state index contributed by atoms with van der Waals surface area (Å²) in [7, 11) is 0. The molecule has 0 spiro atoms. The smallest absolute Gasteiger partial charge is 0.231 e. The fourth-order valence-electron chi connectivity index (χ4n) is 2.76. The van der Waals surface area contributed by atoms with Crippen LogP contribution in [0.15, 0.2) is 59.1 Å². The number of aromatic nitrogens is 1. The maximum Gasteiger partial charge on any atom is 0.231 e. The van der Waals surface area contributed by atoms with Crippen molar-refractivity contribution >= 4 is 11.6 Å². The molecule has 4 rings (SSSR count). The first kappa shape index (κ1) is 16.2. The summed E-state index contributed by atoms with van der Waals surface area (Å²) < 4.78 is 16.3. The molecule has 2 aromatic carbocycles. The fourth-order valence-corrected chi connectivity index (χ4v) is 2.76. The molecule has 0 atom stereocenters. The van der Waals surface area contributed by atoms with Crippen LogP contribution in [0.2, 0.25) is 0 Å². The van der Waals surface area contributed by atoms with Crippen LogP contribution in [0.25, 0.3) is 11.3 Å². The van der Waals surface area contributed by atoms with E-state index in [4.69, 9.17) is 13.9 Å². The van der Waals surface area contributed by atoms with Gasteiger partial charge < -0.3 is 19.2 Å². The molecule has 3 aromatic rings. The molecule has 26 heavy (non-hydrogen) atoms. The molecular formula is C20H18N2O4. The first-order chi connectivity index (χ1) is 12.8. The van der Waals surface area contributed by atoms with Crippen molar-refractivity contribution in [2.75, 3.05) is 12.1 Å². The molecule has 6 heteroatoms. The second-order valence-electron chi connectivity index (χ2n) is 5.95. The molecule has 1 aliphatic rings. The zero-order valence-corrected chi connectivity index (χ0v) is 14.1. The zero-order chi connectivity index (χ0) is 17.8. The lowest BCUT2D eigenvalue weighted by molar-refractivity contribution is -0.116.